The molecule has 2 rings (SSSR count). The van der Waals surface area contributed by atoms with Gasteiger partial charge < -0.3 is 9.55 Å². The van der Waals surface area contributed by atoms with Crippen molar-refractivity contribution in [2.75, 3.05) is 13.3 Å². The Morgan fingerprint density at radius 3 is 2.60 bits per heavy atom. The topological polar surface area (TPSA) is 54.9 Å². The van der Waals surface area contributed by atoms with Crippen molar-refractivity contribution in [2.45, 2.75) is 0 Å². The Kier molecular flexibility index (Phi) is 2.12. The number of aromatic amines is 1. The summed E-state index contributed by atoms with van der Waals surface area (Å²) in [5, 5.41) is 0.789. The van der Waals surface area contributed by atoms with Gasteiger partial charge in [-0.1, -0.05) is 0 Å². The van der Waals surface area contributed by atoms with Crippen LogP contribution in [-0.2, 0) is 11.6 Å². The molecule has 1 aromatic carbocycles. The third-order valence-electron chi connectivity index (χ3n) is 2.51. The van der Waals surface area contributed by atoms with E-state index in [1.54, 1.807) is 26.4 Å². The lowest BCUT2D eigenvalue weighted by Gasteiger charge is -2.06. The van der Waals surface area contributed by atoms with E-state index in [2.05, 4.69) is 4.98 Å². The number of aryl methyl sites for hydroxylation is 1. The standard InChI is InChI=1S/C10H13N2O2P/c1-12-9-5-4-7(15(2,3)14)6-8(9)11-10(12)13/h4-6H,1-3H3,(H,11,13). The van der Waals surface area contributed by atoms with Gasteiger partial charge in [0.05, 0.1) is 11.0 Å². The normalized spacial score (nSPS) is 12.2. The lowest BCUT2D eigenvalue weighted by atomic mass is 10.3. The van der Waals surface area contributed by atoms with Gasteiger partial charge in [0.2, 0.25) is 0 Å². The van der Waals surface area contributed by atoms with Gasteiger partial charge in [0.15, 0.2) is 0 Å². The molecule has 1 N–H and O–H groups in total. The summed E-state index contributed by atoms with van der Waals surface area (Å²) in [6.45, 7) is 3.43. The maximum Gasteiger partial charge on any atom is 0.326 e. The van der Waals surface area contributed by atoms with Crippen molar-refractivity contribution in [1.29, 1.82) is 0 Å². The minimum atomic E-state index is -2.26. The van der Waals surface area contributed by atoms with E-state index in [4.69, 9.17) is 0 Å². The van der Waals surface area contributed by atoms with Gasteiger partial charge in [-0.3, -0.25) is 4.57 Å². The van der Waals surface area contributed by atoms with Crippen molar-refractivity contribution in [1.82, 2.24) is 9.55 Å². The van der Waals surface area contributed by atoms with Crippen LogP contribution in [0.3, 0.4) is 0 Å². The van der Waals surface area contributed by atoms with Crippen LogP contribution in [0.15, 0.2) is 23.0 Å². The number of benzene rings is 1. The van der Waals surface area contributed by atoms with Crippen LogP contribution in [0.1, 0.15) is 0 Å². The molecule has 0 saturated heterocycles. The van der Waals surface area contributed by atoms with Crippen molar-refractivity contribution in [3.8, 4) is 0 Å². The zero-order valence-corrected chi connectivity index (χ0v) is 9.84. The predicted octanol–water partition coefficient (Wildman–Crippen LogP) is 1.11. The maximum absolute atomic E-state index is 11.9. The lowest BCUT2D eigenvalue weighted by Crippen LogP contribution is -2.11. The number of nitrogens with zero attached hydrogens (tertiary/aromatic N) is 1. The van der Waals surface area contributed by atoms with Crippen LogP contribution in [0, 0.1) is 0 Å². The zero-order chi connectivity index (χ0) is 11.2. The molecule has 0 amide bonds. The Morgan fingerprint density at radius 1 is 1.33 bits per heavy atom. The molecular weight excluding hydrogens is 211 g/mol. The fourth-order valence-electron chi connectivity index (χ4n) is 1.56. The Labute approximate surface area is 87.3 Å². The smallest absolute Gasteiger partial charge is 0.319 e. The van der Waals surface area contributed by atoms with Crippen LogP contribution >= 0.6 is 7.14 Å². The number of hydrogen-bond donors (Lipinski definition) is 1. The van der Waals surface area contributed by atoms with Crippen LogP contribution in [0.25, 0.3) is 11.0 Å². The summed E-state index contributed by atoms with van der Waals surface area (Å²) < 4.78 is 13.4. The Morgan fingerprint density at radius 2 is 2.00 bits per heavy atom. The number of rotatable bonds is 1. The first kappa shape index (κ1) is 10.2. The van der Waals surface area contributed by atoms with Gasteiger partial charge in [-0.05, 0) is 31.5 Å². The molecule has 15 heavy (non-hydrogen) atoms. The molecule has 2 aromatic rings. The van der Waals surface area contributed by atoms with E-state index < -0.39 is 7.14 Å². The van der Waals surface area contributed by atoms with E-state index in [9.17, 15) is 9.36 Å². The van der Waals surface area contributed by atoms with Gasteiger partial charge >= 0.3 is 5.69 Å². The van der Waals surface area contributed by atoms with E-state index in [0.717, 1.165) is 16.3 Å². The molecule has 0 fully saturated rings. The molecule has 0 spiro atoms. The summed E-state index contributed by atoms with van der Waals surface area (Å²) in [7, 11) is -0.553. The van der Waals surface area contributed by atoms with E-state index in [1.807, 2.05) is 12.1 Å². The second-order valence-corrected chi connectivity index (χ2v) is 7.26. The first-order chi connectivity index (χ1) is 6.89. The van der Waals surface area contributed by atoms with Gasteiger partial charge in [0.1, 0.15) is 7.14 Å². The number of fused-ring (bicyclic) bond motifs is 1. The summed E-state index contributed by atoms with van der Waals surface area (Å²) in [6.07, 6.45) is 0. The summed E-state index contributed by atoms with van der Waals surface area (Å²) >= 11 is 0. The van der Waals surface area contributed by atoms with Gasteiger partial charge in [0, 0.05) is 12.4 Å². The fraction of sp³-hybridized carbons (Fsp3) is 0.300. The Balaban J connectivity index is 2.78. The van der Waals surface area contributed by atoms with E-state index in [-0.39, 0.29) is 5.69 Å². The Hall–Kier alpha value is -1.28. The van der Waals surface area contributed by atoms with Crippen LogP contribution < -0.4 is 11.0 Å². The Bertz CT molecular complexity index is 618. The van der Waals surface area contributed by atoms with E-state index >= 15 is 0 Å². The molecule has 0 unspecified atom stereocenters. The van der Waals surface area contributed by atoms with Crippen LogP contribution in [0.2, 0.25) is 0 Å². The van der Waals surface area contributed by atoms with Crippen LogP contribution in [-0.4, -0.2) is 22.9 Å². The number of hydrogen-bond acceptors (Lipinski definition) is 2. The number of H-pyrrole nitrogens is 1. The monoisotopic (exact) mass is 224 g/mol. The molecule has 1 heterocycles. The highest BCUT2D eigenvalue weighted by Gasteiger charge is 2.12. The third-order valence-corrected chi connectivity index (χ3v) is 4.03. The minimum absolute atomic E-state index is 0.149. The first-order valence-corrected chi connectivity index (χ1v) is 7.24. The molecule has 0 saturated carbocycles. The second kappa shape index (κ2) is 3.11. The predicted molar refractivity (Wildman–Crippen MR) is 62.6 cm³/mol. The SMILES string of the molecule is Cn1c(=O)[nH]c2cc(P(C)(C)=O)ccc21. The summed E-state index contributed by atoms with van der Waals surface area (Å²) in [5.41, 5.74) is 1.42. The number of aromatic nitrogens is 2. The van der Waals surface area contributed by atoms with Crippen molar-refractivity contribution in [3.63, 3.8) is 0 Å². The zero-order valence-electron chi connectivity index (χ0n) is 8.94. The molecule has 0 aliphatic rings. The molecule has 0 aliphatic carbocycles. The summed E-state index contributed by atoms with van der Waals surface area (Å²) in [4.78, 5) is 14.1. The highest BCUT2D eigenvalue weighted by atomic mass is 31.2. The van der Waals surface area contributed by atoms with Crippen molar-refractivity contribution >= 4 is 23.5 Å². The van der Waals surface area contributed by atoms with Crippen LogP contribution in [0.5, 0.6) is 0 Å². The number of imidazole rings is 1. The molecular formula is C10H13N2O2P. The third kappa shape index (κ3) is 1.65. The summed E-state index contributed by atoms with van der Waals surface area (Å²) in [6, 6.07) is 5.43. The van der Waals surface area contributed by atoms with E-state index in [0.29, 0.717) is 0 Å². The molecule has 0 bridgehead atoms. The highest BCUT2D eigenvalue weighted by molar-refractivity contribution is 7.70. The quantitative estimate of drug-likeness (QED) is 0.738. The number of nitrogens with one attached hydrogen (secondary N) is 1. The van der Waals surface area contributed by atoms with Crippen LogP contribution in [0.4, 0.5) is 0 Å². The average Bonchev–Trinajstić information content (AvgIpc) is 2.41. The molecule has 4 nitrogen and oxygen atoms in total. The van der Waals surface area contributed by atoms with Gasteiger partial charge in [-0.2, -0.15) is 0 Å². The van der Waals surface area contributed by atoms with Gasteiger partial charge in [-0.25, -0.2) is 4.79 Å². The lowest BCUT2D eigenvalue weighted by molar-refractivity contribution is 0.588. The maximum atomic E-state index is 11.9. The average molecular weight is 224 g/mol. The first-order valence-electron chi connectivity index (χ1n) is 4.64. The highest BCUT2D eigenvalue weighted by Crippen LogP contribution is 2.34. The molecule has 80 valence electrons. The van der Waals surface area contributed by atoms with Crippen molar-refractivity contribution < 1.29 is 4.57 Å². The summed E-state index contributed by atoms with van der Waals surface area (Å²) in [5.74, 6) is 0. The van der Waals surface area contributed by atoms with Crippen molar-refractivity contribution in [3.05, 3.63) is 28.7 Å². The van der Waals surface area contributed by atoms with Gasteiger partial charge in [-0.15, -0.1) is 0 Å². The van der Waals surface area contributed by atoms with Crippen molar-refractivity contribution in [2.24, 2.45) is 7.05 Å². The minimum Gasteiger partial charge on any atom is -0.319 e. The molecule has 0 radical (unpaired) electrons. The fourth-order valence-corrected chi connectivity index (χ4v) is 2.43. The van der Waals surface area contributed by atoms with E-state index in [1.165, 1.54) is 4.57 Å². The molecule has 1 aromatic heterocycles. The molecule has 5 heteroatoms. The molecule has 0 aliphatic heterocycles. The van der Waals surface area contributed by atoms with Gasteiger partial charge in [0.25, 0.3) is 0 Å². The second-order valence-electron chi connectivity index (χ2n) is 4.04. The largest absolute Gasteiger partial charge is 0.326 e. The molecule has 0 atom stereocenters.